The minimum Gasteiger partial charge on any atom is -0.352 e. The highest BCUT2D eigenvalue weighted by Crippen LogP contribution is 2.10. The van der Waals surface area contributed by atoms with E-state index in [1.807, 2.05) is 41.8 Å². The number of thiophene rings is 1. The minimum absolute atomic E-state index is 0.0223. The average Bonchev–Trinajstić information content (AvgIpc) is 2.96. The maximum absolute atomic E-state index is 11.8. The number of hydrogen-bond donors (Lipinski definition) is 2. The molecule has 1 aromatic heterocycles. The smallest absolute Gasteiger partial charge is 0.225 e. The molecule has 0 fully saturated rings. The van der Waals surface area contributed by atoms with Crippen molar-refractivity contribution in [3.8, 4) is 11.8 Å². The molecule has 3 nitrogen and oxygen atoms in total. The summed E-state index contributed by atoms with van der Waals surface area (Å²) in [6.45, 7) is 0.818. The first kappa shape index (κ1) is 14.3. The van der Waals surface area contributed by atoms with Crippen molar-refractivity contribution >= 4 is 17.2 Å². The van der Waals surface area contributed by atoms with Crippen LogP contribution in [0.2, 0.25) is 0 Å². The monoisotopic (exact) mass is 284 g/mol. The lowest BCUT2D eigenvalue weighted by atomic mass is 10.1. The molecular formula is C16H16N2OS. The van der Waals surface area contributed by atoms with Gasteiger partial charge in [-0.2, -0.15) is 0 Å². The van der Waals surface area contributed by atoms with Gasteiger partial charge >= 0.3 is 0 Å². The highest BCUT2D eigenvalue weighted by molar-refractivity contribution is 7.10. The maximum Gasteiger partial charge on any atom is 0.225 e. The van der Waals surface area contributed by atoms with E-state index < -0.39 is 0 Å². The van der Waals surface area contributed by atoms with Gasteiger partial charge in [0.05, 0.1) is 13.0 Å². The third kappa shape index (κ3) is 4.23. The van der Waals surface area contributed by atoms with Crippen LogP contribution in [0.1, 0.15) is 16.0 Å². The molecule has 4 heteroatoms. The molecule has 0 spiro atoms. The van der Waals surface area contributed by atoms with Crippen molar-refractivity contribution in [1.82, 2.24) is 5.32 Å². The average molecular weight is 284 g/mol. The number of benzene rings is 1. The van der Waals surface area contributed by atoms with E-state index in [1.54, 1.807) is 11.3 Å². The van der Waals surface area contributed by atoms with Gasteiger partial charge in [0.1, 0.15) is 0 Å². The largest absolute Gasteiger partial charge is 0.352 e. The first-order valence-electron chi connectivity index (χ1n) is 6.35. The summed E-state index contributed by atoms with van der Waals surface area (Å²) in [7, 11) is 0. The van der Waals surface area contributed by atoms with Crippen LogP contribution in [0.3, 0.4) is 0 Å². The van der Waals surface area contributed by atoms with Crippen molar-refractivity contribution in [2.24, 2.45) is 5.73 Å². The third-order valence-electron chi connectivity index (χ3n) is 2.73. The summed E-state index contributed by atoms with van der Waals surface area (Å²) in [5.41, 5.74) is 7.30. The second kappa shape index (κ2) is 7.49. The Morgan fingerprint density at radius 3 is 2.85 bits per heavy atom. The first-order chi connectivity index (χ1) is 9.79. The van der Waals surface area contributed by atoms with Gasteiger partial charge in [-0.1, -0.05) is 36.1 Å². The molecule has 0 atom stereocenters. The van der Waals surface area contributed by atoms with Crippen molar-refractivity contribution in [3.63, 3.8) is 0 Å². The van der Waals surface area contributed by atoms with Crippen LogP contribution in [0.15, 0.2) is 41.8 Å². The Morgan fingerprint density at radius 1 is 1.25 bits per heavy atom. The molecule has 1 aromatic carbocycles. The number of hydrogen-bond acceptors (Lipinski definition) is 3. The number of nitrogens with two attached hydrogens (primary N) is 1. The molecule has 2 aromatic rings. The van der Waals surface area contributed by atoms with E-state index in [4.69, 9.17) is 5.73 Å². The van der Waals surface area contributed by atoms with Gasteiger partial charge < -0.3 is 11.1 Å². The fourth-order valence-corrected chi connectivity index (χ4v) is 2.47. The second-order valence-electron chi connectivity index (χ2n) is 4.20. The normalized spacial score (nSPS) is 9.65. The molecule has 0 saturated heterocycles. The summed E-state index contributed by atoms with van der Waals surface area (Å²) in [5, 5.41) is 4.90. The molecule has 2 rings (SSSR count). The Balaban J connectivity index is 1.95. The van der Waals surface area contributed by atoms with Gasteiger partial charge in [0.2, 0.25) is 5.91 Å². The molecule has 0 aliphatic rings. The summed E-state index contributed by atoms with van der Waals surface area (Å²) >= 11 is 1.59. The lowest BCUT2D eigenvalue weighted by Crippen LogP contribution is -2.24. The van der Waals surface area contributed by atoms with Crippen molar-refractivity contribution < 1.29 is 4.79 Å². The predicted molar refractivity (Wildman–Crippen MR) is 82.2 cm³/mol. The molecule has 20 heavy (non-hydrogen) atoms. The van der Waals surface area contributed by atoms with Crippen molar-refractivity contribution in [3.05, 3.63) is 57.8 Å². The molecule has 0 aliphatic carbocycles. The Kier molecular flexibility index (Phi) is 5.36. The van der Waals surface area contributed by atoms with Crippen molar-refractivity contribution in [2.75, 3.05) is 6.54 Å². The number of carbonyl (C=O) groups excluding carboxylic acids is 1. The topological polar surface area (TPSA) is 55.1 Å². The Morgan fingerprint density at radius 2 is 2.10 bits per heavy atom. The third-order valence-corrected chi connectivity index (χ3v) is 3.61. The van der Waals surface area contributed by atoms with Gasteiger partial charge in [-0.05, 0) is 23.1 Å². The zero-order valence-electron chi connectivity index (χ0n) is 11.1. The lowest BCUT2D eigenvalue weighted by molar-refractivity contribution is -0.120. The van der Waals surface area contributed by atoms with E-state index in [1.165, 1.54) is 0 Å². The van der Waals surface area contributed by atoms with Crippen LogP contribution in [0, 0.1) is 11.8 Å². The van der Waals surface area contributed by atoms with Gasteiger partial charge in [0.25, 0.3) is 0 Å². The molecule has 1 heterocycles. The maximum atomic E-state index is 11.8. The first-order valence-corrected chi connectivity index (χ1v) is 7.23. The van der Waals surface area contributed by atoms with Gasteiger partial charge in [-0.15, -0.1) is 11.3 Å². The van der Waals surface area contributed by atoms with Crippen LogP contribution in [0.25, 0.3) is 0 Å². The summed E-state index contributed by atoms with van der Waals surface area (Å²) in [5.74, 6) is 5.88. The van der Waals surface area contributed by atoms with E-state index in [9.17, 15) is 4.79 Å². The fraction of sp³-hybridized carbons (Fsp3) is 0.188. The van der Waals surface area contributed by atoms with Gasteiger partial charge in [-0.3, -0.25) is 4.79 Å². The van der Waals surface area contributed by atoms with E-state index in [0.29, 0.717) is 19.5 Å². The van der Waals surface area contributed by atoms with Crippen molar-refractivity contribution in [1.29, 1.82) is 0 Å². The number of rotatable bonds is 4. The Hall–Kier alpha value is -2.09. The van der Waals surface area contributed by atoms with Crippen LogP contribution >= 0.6 is 11.3 Å². The number of amides is 1. The Bertz CT molecular complexity index is 623. The van der Waals surface area contributed by atoms with Gasteiger partial charge in [0.15, 0.2) is 0 Å². The minimum atomic E-state index is 0.0223. The van der Waals surface area contributed by atoms with E-state index >= 15 is 0 Å². The van der Waals surface area contributed by atoms with Crippen LogP contribution in [-0.2, 0) is 17.8 Å². The summed E-state index contributed by atoms with van der Waals surface area (Å²) in [6.07, 6.45) is 0.425. The molecule has 0 aliphatic heterocycles. The zero-order valence-corrected chi connectivity index (χ0v) is 11.9. The highest BCUT2D eigenvalue weighted by atomic mass is 32.1. The molecular weight excluding hydrogens is 268 g/mol. The quantitative estimate of drug-likeness (QED) is 0.843. The SMILES string of the molecule is NCC#Cc1ccccc1CNC(=O)Cc1cccs1. The number of nitrogens with one attached hydrogen (secondary N) is 1. The molecule has 0 radical (unpaired) electrons. The van der Waals surface area contributed by atoms with E-state index in [2.05, 4.69) is 17.2 Å². The van der Waals surface area contributed by atoms with Crippen molar-refractivity contribution in [2.45, 2.75) is 13.0 Å². The van der Waals surface area contributed by atoms with Crippen LogP contribution in [-0.4, -0.2) is 12.5 Å². The number of carbonyl (C=O) groups is 1. The second-order valence-corrected chi connectivity index (χ2v) is 5.23. The van der Waals surface area contributed by atoms with Gasteiger partial charge in [0, 0.05) is 17.0 Å². The Labute approximate surface area is 122 Å². The summed E-state index contributed by atoms with van der Waals surface area (Å²) in [4.78, 5) is 12.9. The zero-order chi connectivity index (χ0) is 14.2. The molecule has 0 bridgehead atoms. The van der Waals surface area contributed by atoms with Crippen LogP contribution in [0.4, 0.5) is 0 Å². The van der Waals surface area contributed by atoms with Gasteiger partial charge in [-0.25, -0.2) is 0 Å². The van der Waals surface area contributed by atoms with E-state index in [0.717, 1.165) is 16.0 Å². The lowest BCUT2D eigenvalue weighted by Gasteiger charge is -2.06. The van der Waals surface area contributed by atoms with E-state index in [-0.39, 0.29) is 5.91 Å². The van der Waals surface area contributed by atoms with Crippen LogP contribution in [0.5, 0.6) is 0 Å². The molecule has 1 amide bonds. The standard InChI is InChI=1S/C16H16N2OS/c17-9-3-7-13-5-1-2-6-14(13)12-18-16(19)11-15-8-4-10-20-15/h1-2,4-6,8,10H,9,11-12,17H2,(H,18,19). The molecule has 3 N–H and O–H groups in total. The molecule has 102 valence electrons. The van der Waals surface area contributed by atoms with Crippen LogP contribution < -0.4 is 11.1 Å². The highest BCUT2D eigenvalue weighted by Gasteiger charge is 2.05. The molecule has 0 unspecified atom stereocenters. The summed E-state index contributed by atoms with van der Waals surface area (Å²) < 4.78 is 0. The predicted octanol–water partition coefficient (Wildman–Crippen LogP) is 1.92. The fourth-order valence-electron chi connectivity index (χ4n) is 1.77. The molecule has 0 saturated carbocycles. The summed E-state index contributed by atoms with van der Waals surface area (Å²) in [6, 6.07) is 11.7.